The summed E-state index contributed by atoms with van der Waals surface area (Å²) in [5.74, 6) is 2.06. The maximum absolute atomic E-state index is 13.4. The van der Waals surface area contributed by atoms with E-state index >= 15 is 0 Å². The monoisotopic (exact) mass is 510 g/mol. The molecule has 0 heterocycles. The van der Waals surface area contributed by atoms with Crippen molar-refractivity contribution in [2.24, 2.45) is 46.3 Å². The molecule has 4 aliphatic carbocycles. The molecule has 0 aliphatic heterocycles. The summed E-state index contributed by atoms with van der Waals surface area (Å²) in [5.41, 5.74) is 0.439. The summed E-state index contributed by atoms with van der Waals surface area (Å²) in [4.78, 5) is 25.8. The molecule has 4 saturated carbocycles. The van der Waals surface area contributed by atoms with Gasteiger partial charge in [-0.05, 0) is 98.0 Å². The van der Waals surface area contributed by atoms with Crippen molar-refractivity contribution in [2.75, 3.05) is 13.7 Å². The molecule has 0 spiro atoms. The second-order valence-electron chi connectivity index (χ2n) is 13.2. The SMILES string of the molecule is COCCCC(C)C1CCC2C3C(C[C@H](OC(=O)c4ccccc4)[C@]12C)[C@@]1(C)CCC(=O)CC1C[C@H]3O. The van der Waals surface area contributed by atoms with Gasteiger partial charge in [-0.25, -0.2) is 4.79 Å². The lowest BCUT2D eigenvalue weighted by atomic mass is 9.43. The van der Waals surface area contributed by atoms with Crippen LogP contribution in [0.4, 0.5) is 0 Å². The van der Waals surface area contributed by atoms with Crippen LogP contribution in [0.3, 0.4) is 0 Å². The summed E-state index contributed by atoms with van der Waals surface area (Å²) >= 11 is 0. The Balaban J connectivity index is 1.50. The van der Waals surface area contributed by atoms with E-state index in [9.17, 15) is 14.7 Å². The number of benzene rings is 1. The second kappa shape index (κ2) is 10.4. The van der Waals surface area contributed by atoms with E-state index in [0.717, 1.165) is 51.6 Å². The smallest absolute Gasteiger partial charge is 0.338 e. The average molecular weight is 511 g/mol. The predicted molar refractivity (Wildman–Crippen MR) is 143 cm³/mol. The fourth-order valence-electron chi connectivity index (χ4n) is 9.62. The van der Waals surface area contributed by atoms with Crippen LogP contribution in [0.1, 0.15) is 88.9 Å². The number of aliphatic hydroxyl groups is 1. The van der Waals surface area contributed by atoms with Gasteiger partial charge >= 0.3 is 5.97 Å². The second-order valence-corrected chi connectivity index (χ2v) is 13.2. The van der Waals surface area contributed by atoms with Crippen LogP contribution < -0.4 is 0 Å². The highest BCUT2D eigenvalue weighted by molar-refractivity contribution is 5.89. The lowest BCUT2D eigenvalue weighted by molar-refractivity contribution is -0.201. The lowest BCUT2D eigenvalue weighted by Gasteiger charge is -2.63. The zero-order valence-electron chi connectivity index (χ0n) is 23.2. The minimum Gasteiger partial charge on any atom is -0.458 e. The largest absolute Gasteiger partial charge is 0.458 e. The van der Waals surface area contributed by atoms with Gasteiger partial charge < -0.3 is 14.6 Å². The average Bonchev–Trinajstić information content (AvgIpc) is 3.24. The van der Waals surface area contributed by atoms with Crippen molar-refractivity contribution in [3.8, 4) is 0 Å². The Labute approximate surface area is 222 Å². The Hall–Kier alpha value is -1.72. The quantitative estimate of drug-likeness (QED) is 0.355. The summed E-state index contributed by atoms with van der Waals surface area (Å²) in [6, 6.07) is 9.36. The van der Waals surface area contributed by atoms with Crippen LogP contribution in [0.5, 0.6) is 0 Å². The van der Waals surface area contributed by atoms with E-state index in [1.54, 1.807) is 7.11 Å². The van der Waals surface area contributed by atoms with Crippen molar-refractivity contribution >= 4 is 11.8 Å². The molecule has 4 fully saturated rings. The van der Waals surface area contributed by atoms with Gasteiger partial charge in [0.1, 0.15) is 11.9 Å². The number of carbonyl (C=O) groups is 2. The summed E-state index contributed by atoms with van der Waals surface area (Å²) in [5, 5.41) is 11.6. The molecule has 10 atom stereocenters. The number of hydrogen-bond acceptors (Lipinski definition) is 5. The molecule has 1 aromatic carbocycles. The van der Waals surface area contributed by atoms with Gasteiger partial charge in [0.15, 0.2) is 0 Å². The van der Waals surface area contributed by atoms with E-state index in [-0.39, 0.29) is 46.8 Å². The van der Waals surface area contributed by atoms with Crippen LogP contribution >= 0.6 is 0 Å². The highest BCUT2D eigenvalue weighted by Gasteiger charge is 2.66. The number of ether oxygens (including phenoxy) is 2. The molecule has 6 unspecified atom stereocenters. The van der Waals surface area contributed by atoms with Gasteiger partial charge in [-0.15, -0.1) is 0 Å². The molecule has 5 rings (SSSR count). The van der Waals surface area contributed by atoms with Crippen LogP contribution in [0, 0.1) is 46.3 Å². The summed E-state index contributed by atoms with van der Waals surface area (Å²) in [7, 11) is 1.76. The van der Waals surface area contributed by atoms with E-state index in [0.29, 0.717) is 41.9 Å². The minimum absolute atomic E-state index is 0.0126. The Morgan fingerprint density at radius 1 is 1.14 bits per heavy atom. The number of aliphatic hydroxyl groups excluding tert-OH is 1. The van der Waals surface area contributed by atoms with Gasteiger partial charge in [-0.1, -0.05) is 39.0 Å². The maximum Gasteiger partial charge on any atom is 0.338 e. The van der Waals surface area contributed by atoms with Gasteiger partial charge in [-0.3, -0.25) is 4.79 Å². The van der Waals surface area contributed by atoms with Crippen molar-refractivity contribution in [3.05, 3.63) is 35.9 Å². The van der Waals surface area contributed by atoms with E-state index < -0.39 is 0 Å². The van der Waals surface area contributed by atoms with Crippen LogP contribution in [0.25, 0.3) is 0 Å². The molecule has 0 amide bonds. The van der Waals surface area contributed by atoms with E-state index in [1.165, 1.54) is 0 Å². The molecule has 37 heavy (non-hydrogen) atoms. The number of ketones is 1. The first kappa shape index (κ1) is 26.9. The number of carbonyl (C=O) groups excluding carboxylic acids is 2. The third-order valence-corrected chi connectivity index (χ3v) is 11.6. The number of rotatable bonds is 7. The van der Waals surface area contributed by atoms with Crippen molar-refractivity contribution in [1.82, 2.24) is 0 Å². The first-order chi connectivity index (χ1) is 17.7. The number of methoxy groups -OCH3 is 1. The fraction of sp³-hybridized carbons (Fsp3) is 0.750. The minimum atomic E-state index is -0.383. The van der Waals surface area contributed by atoms with Gasteiger partial charge in [0, 0.05) is 32.0 Å². The number of esters is 1. The van der Waals surface area contributed by atoms with Crippen LogP contribution in [0.2, 0.25) is 0 Å². The molecule has 5 heteroatoms. The highest BCUT2D eigenvalue weighted by atomic mass is 16.5. The summed E-state index contributed by atoms with van der Waals surface area (Å²) in [6.45, 7) is 7.86. The van der Waals surface area contributed by atoms with Gasteiger partial charge in [0.2, 0.25) is 0 Å². The van der Waals surface area contributed by atoms with Crippen molar-refractivity contribution in [2.45, 2.75) is 90.8 Å². The Bertz CT molecular complexity index is 977. The Morgan fingerprint density at radius 2 is 1.89 bits per heavy atom. The maximum atomic E-state index is 13.4. The van der Waals surface area contributed by atoms with Gasteiger partial charge in [-0.2, -0.15) is 0 Å². The molecule has 5 nitrogen and oxygen atoms in total. The molecule has 0 saturated heterocycles. The number of fused-ring (bicyclic) bond motifs is 5. The third-order valence-electron chi connectivity index (χ3n) is 11.6. The molecular formula is C32H46O5. The van der Waals surface area contributed by atoms with Gasteiger partial charge in [0.25, 0.3) is 0 Å². The summed E-state index contributed by atoms with van der Waals surface area (Å²) in [6.07, 6.45) is 7.39. The number of hydrogen-bond donors (Lipinski definition) is 1. The van der Waals surface area contributed by atoms with Crippen LogP contribution in [-0.4, -0.2) is 42.8 Å². The first-order valence-electron chi connectivity index (χ1n) is 14.6. The Kier molecular flexibility index (Phi) is 7.59. The third kappa shape index (κ3) is 4.58. The fourth-order valence-corrected chi connectivity index (χ4v) is 9.62. The predicted octanol–water partition coefficient (Wildman–Crippen LogP) is 6.08. The molecule has 1 N–H and O–H groups in total. The Morgan fingerprint density at radius 3 is 2.62 bits per heavy atom. The number of Topliss-reactive ketones (excluding diaryl/α,β-unsaturated/α-hetero) is 1. The zero-order valence-corrected chi connectivity index (χ0v) is 23.2. The van der Waals surface area contributed by atoms with Gasteiger partial charge in [0.05, 0.1) is 11.7 Å². The molecule has 0 bridgehead atoms. The van der Waals surface area contributed by atoms with Crippen molar-refractivity contribution < 1.29 is 24.2 Å². The summed E-state index contributed by atoms with van der Waals surface area (Å²) < 4.78 is 11.9. The zero-order chi connectivity index (χ0) is 26.4. The lowest BCUT2D eigenvalue weighted by Crippen LogP contribution is -2.62. The molecule has 0 aromatic heterocycles. The first-order valence-corrected chi connectivity index (χ1v) is 14.6. The van der Waals surface area contributed by atoms with E-state index in [2.05, 4.69) is 20.8 Å². The van der Waals surface area contributed by atoms with Crippen molar-refractivity contribution in [1.29, 1.82) is 0 Å². The van der Waals surface area contributed by atoms with E-state index in [4.69, 9.17) is 9.47 Å². The van der Waals surface area contributed by atoms with E-state index in [1.807, 2.05) is 30.3 Å². The highest BCUT2D eigenvalue weighted by Crippen LogP contribution is 2.68. The molecular weight excluding hydrogens is 464 g/mol. The standard InChI is InChI=1S/C32H46O5/c1-20(9-8-16-36-4)24-12-13-25-29-26(31(2)15-14-23(33)17-22(31)18-27(29)34)19-28(32(24,25)3)37-30(35)21-10-6-5-7-11-21/h5-7,10-11,20,22,24-29,34H,8-9,12-19H2,1-4H3/t20?,22?,24?,25?,26?,27-,28+,29?,31+,32-/m1/s1. The van der Waals surface area contributed by atoms with Crippen LogP contribution in [-0.2, 0) is 14.3 Å². The molecule has 1 aromatic rings. The van der Waals surface area contributed by atoms with Crippen LogP contribution in [0.15, 0.2) is 30.3 Å². The van der Waals surface area contributed by atoms with Crippen molar-refractivity contribution in [3.63, 3.8) is 0 Å². The molecule has 0 radical (unpaired) electrons. The molecule has 204 valence electrons. The molecule has 4 aliphatic rings. The normalized spacial score (nSPS) is 41.9. The topological polar surface area (TPSA) is 72.8 Å².